The Balaban J connectivity index is 1.29. The molecule has 0 aromatic heterocycles. The van der Waals surface area contributed by atoms with Gasteiger partial charge in [-0.3, -0.25) is 4.79 Å². The van der Waals surface area contributed by atoms with E-state index in [1.165, 1.54) is 89.9 Å². The van der Waals surface area contributed by atoms with Crippen LogP contribution in [0.15, 0.2) is 0 Å². The average molecular weight is 419 g/mol. The Morgan fingerprint density at radius 3 is 1.60 bits per heavy atom. The first-order chi connectivity index (χ1) is 14.7. The van der Waals surface area contributed by atoms with Crippen LogP contribution in [0, 0.1) is 29.6 Å². The molecule has 0 aromatic carbocycles. The zero-order valence-electron chi connectivity index (χ0n) is 20.2. The van der Waals surface area contributed by atoms with Crippen molar-refractivity contribution in [3.63, 3.8) is 0 Å². The van der Waals surface area contributed by atoms with Crippen LogP contribution in [0.2, 0.25) is 0 Å². The SMILES string of the molecule is CCCCCC(=O)O[C@H]1CC[C@H]([C@H]2CC[C@H]([C@H]3CC[C@H](CCCC)CC3)CC2)CC1. The summed E-state index contributed by atoms with van der Waals surface area (Å²) in [5, 5.41) is 0. The minimum atomic E-state index is 0.0526. The third kappa shape index (κ3) is 7.56. The summed E-state index contributed by atoms with van der Waals surface area (Å²) in [6, 6.07) is 0. The van der Waals surface area contributed by atoms with E-state index in [9.17, 15) is 4.79 Å². The van der Waals surface area contributed by atoms with Gasteiger partial charge in [-0.25, -0.2) is 0 Å². The Morgan fingerprint density at radius 1 is 0.633 bits per heavy atom. The quantitative estimate of drug-likeness (QED) is 0.263. The van der Waals surface area contributed by atoms with Gasteiger partial charge in [0.25, 0.3) is 0 Å². The Kier molecular flexibility index (Phi) is 10.5. The standard InChI is InChI=1S/C28H50O2/c1-3-5-7-9-28(29)30-27-20-18-26(19-21-27)25-16-14-24(15-17-25)23-12-10-22(11-13-23)8-6-4-2/h22-27H,3-21H2,1-2H3/t22-,23-,24-,25-,26-,27-. The largest absolute Gasteiger partial charge is 0.462 e. The lowest BCUT2D eigenvalue weighted by Gasteiger charge is -2.41. The van der Waals surface area contributed by atoms with Gasteiger partial charge in [0.05, 0.1) is 0 Å². The van der Waals surface area contributed by atoms with Gasteiger partial charge in [0.15, 0.2) is 0 Å². The fraction of sp³-hybridized carbons (Fsp3) is 0.964. The van der Waals surface area contributed by atoms with Gasteiger partial charge in [0, 0.05) is 6.42 Å². The van der Waals surface area contributed by atoms with E-state index in [0.29, 0.717) is 6.42 Å². The first-order valence-electron chi connectivity index (χ1n) is 13.9. The monoisotopic (exact) mass is 418 g/mol. The molecule has 0 aromatic rings. The molecule has 0 bridgehead atoms. The molecule has 0 amide bonds. The minimum Gasteiger partial charge on any atom is -0.462 e. The van der Waals surface area contributed by atoms with E-state index >= 15 is 0 Å². The van der Waals surface area contributed by atoms with E-state index in [0.717, 1.165) is 55.3 Å². The van der Waals surface area contributed by atoms with Gasteiger partial charge >= 0.3 is 5.97 Å². The molecule has 0 N–H and O–H groups in total. The summed E-state index contributed by atoms with van der Waals surface area (Å²) < 4.78 is 5.76. The molecule has 3 aliphatic carbocycles. The molecule has 2 heteroatoms. The number of carbonyl (C=O) groups excluding carboxylic acids is 1. The molecule has 3 fully saturated rings. The topological polar surface area (TPSA) is 26.3 Å². The number of ether oxygens (including phenoxy) is 1. The molecule has 0 atom stereocenters. The number of rotatable bonds is 10. The number of hydrogen-bond acceptors (Lipinski definition) is 2. The van der Waals surface area contributed by atoms with Crippen molar-refractivity contribution in [2.24, 2.45) is 29.6 Å². The fourth-order valence-electron chi connectivity index (χ4n) is 6.97. The highest BCUT2D eigenvalue weighted by Gasteiger charge is 2.35. The van der Waals surface area contributed by atoms with Crippen LogP contribution in [0.4, 0.5) is 0 Å². The van der Waals surface area contributed by atoms with E-state index in [1.807, 2.05) is 0 Å². The molecular formula is C28H50O2. The molecule has 3 saturated carbocycles. The lowest BCUT2D eigenvalue weighted by atomic mass is 9.65. The summed E-state index contributed by atoms with van der Waals surface area (Å²) in [5.41, 5.74) is 0. The van der Waals surface area contributed by atoms with Crippen molar-refractivity contribution < 1.29 is 9.53 Å². The van der Waals surface area contributed by atoms with E-state index in [2.05, 4.69) is 13.8 Å². The molecule has 3 rings (SSSR count). The maximum Gasteiger partial charge on any atom is 0.306 e. The zero-order chi connectivity index (χ0) is 21.2. The second-order valence-corrected chi connectivity index (χ2v) is 11.1. The second kappa shape index (κ2) is 13.1. The molecule has 2 nitrogen and oxygen atoms in total. The van der Waals surface area contributed by atoms with Crippen molar-refractivity contribution in [2.45, 2.75) is 142 Å². The molecule has 0 unspecified atom stereocenters. The highest BCUT2D eigenvalue weighted by atomic mass is 16.5. The van der Waals surface area contributed by atoms with Crippen LogP contribution in [0.25, 0.3) is 0 Å². The van der Waals surface area contributed by atoms with Crippen LogP contribution in [0.5, 0.6) is 0 Å². The summed E-state index contributed by atoms with van der Waals surface area (Å²) in [6.07, 6.45) is 25.3. The van der Waals surface area contributed by atoms with Gasteiger partial charge < -0.3 is 4.74 Å². The summed E-state index contributed by atoms with van der Waals surface area (Å²) in [7, 11) is 0. The van der Waals surface area contributed by atoms with Crippen molar-refractivity contribution in [3.8, 4) is 0 Å². The predicted molar refractivity (Wildman–Crippen MR) is 126 cm³/mol. The summed E-state index contributed by atoms with van der Waals surface area (Å²) in [6.45, 7) is 4.51. The maximum atomic E-state index is 12.0. The summed E-state index contributed by atoms with van der Waals surface area (Å²) >= 11 is 0. The van der Waals surface area contributed by atoms with Crippen LogP contribution in [-0.2, 0) is 9.53 Å². The molecule has 0 saturated heterocycles. The molecular weight excluding hydrogens is 368 g/mol. The van der Waals surface area contributed by atoms with Gasteiger partial charge in [0.2, 0.25) is 0 Å². The van der Waals surface area contributed by atoms with E-state index in [4.69, 9.17) is 4.74 Å². The summed E-state index contributed by atoms with van der Waals surface area (Å²) in [5.74, 6) is 5.06. The Bertz CT molecular complexity index is 463. The van der Waals surface area contributed by atoms with E-state index < -0.39 is 0 Å². The van der Waals surface area contributed by atoms with Crippen LogP contribution in [0.3, 0.4) is 0 Å². The second-order valence-electron chi connectivity index (χ2n) is 11.1. The first kappa shape index (κ1) is 24.1. The van der Waals surface area contributed by atoms with Gasteiger partial charge in [-0.05, 0) is 100 Å². The van der Waals surface area contributed by atoms with Gasteiger partial charge in [-0.2, -0.15) is 0 Å². The number of esters is 1. The van der Waals surface area contributed by atoms with Crippen molar-refractivity contribution in [1.29, 1.82) is 0 Å². The van der Waals surface area contributed by atoms with Crippen molar-refractivity contribution >= 4 is 5.97 Å². The van der Waals surface area contributed by atoms with Gasteiger partial charge in [-0.15, -0.1) is 0 Å². The fourth-order valence-corrected chi connectivity index (χ4v) is 6.97. The molecule has 174 valence electrons. The lowest BCUT2D eigenvalue weighted by molar-refractivity contribution is -0.151. The van der Waals surface area contributed by atoms with Gasteiger partial charge in [0.1, 0.15) is 6.10 Å². The molecule has 0 spiro atoms. The maximum absolute atomic E-state index is 12.0. The van der Waals surface area contributed by atoms with E-state index in [-0.39, 0.29) is 12.1 Å². The van der Waals surface area contributed by atoms with Crippen molar-refractivity contribution in [3.05, 3.63) is 0 Å². The van der Waals surface area contributed by atoms with Crippen LogP contribution in [0.1, 0.15) is 136 Å². The first-order valence-corrected chi connectivity index (χ1v) is 13.9. The molecule has 30 heavy (non-hydrogen) atoms. The Labute approximate surface area is 187 Å². The molecule has 3 aliphatic rings. The highest BCUT2D eigenvalue weighted by Crippen LogP contribution is 2.46. The minimum absolute atomic E-state index is 0.0526. The molecule has 0 radical (unpaired) electrons. The third-order valence-electron chi connectivity index (χ3n) is 9.01. The number of carbonyl (C=O) groups is 1. The van der Waals surface area contributed by atoms with Crippen molar-refractivity contribution in [1.82, 2.24) is 0 Å². The number of unbranched alkanes of at least 4 members (excludes halogenated alkanes) is 3. The van der Waals surface area contributed by atoms with Crippen molar-refractivity contribution in [2.75, 3.05) is 0 Å². The zero-order valence-corrected chi connectivity index (χ0v) is 20.2. The average Bonchev–Trinajstić information content (AvgIpc) is 2.79. The smallest absolute Gasteiger partial charge is 0.306 e. The van der Waals surface area contributed by atoms with Crippen LogP contribution >= 0.6 is 0 Å². The third-order valence-corrected chi connectivity index (χ3v) is 9.01. The highest BCUT2D eigenvalue weighted by molar-refractivity contribution is 5.69. The molecule has 0 heterocycles. The number of hydrogen-bond donors (Lipinski definition) is 0. The molecule has 0 aliphatic heterocycles. The normalized spacial score (nSPS) is 35.1. The Morgan fingerprint density at radius 2 is 1.10 bits per heavy atom. The summed E-state index contributed by atoms with van der Waals surface area (Å²) in [4.78, 5) is 12.0. The van der Waals surface area contributed by atoms with E-state index in [1.54, 1.807) is 0 Å². The van der Waals surface area contributed by atoms with Crippen LogP contribution < -0.4 is 0 Å². The lowest BCUT2D eigenvalue weighted by Crippen LogP contribution is -2.31. The van der Waals surface area contributed by atoms with Crippen LogP contribution in [-0.4, -0.2) is 12.1 Å². The Hall–Kier alpha value is -0.530. The van der Waals surface area contributed by atoms with Gasteiger partial charge in [-0.1, -0.05) is 58.8 Å². The predicted octanol–water partition coefficient (Wildman–Crippen LogP) is 8.47.